The summed E-state index contributed by atoms with van der Waals surface area (Å²) in [5.41, 5.74) is 5.28. The molecule has 0 fully saturated rings. The molecule has 0 saturated heterocycles. The number of H-pyrrole nitrogens is 1. The van der Waals surface area contributed by atoms with Gasteiger partial charge in [0.2, 0.25) is 5.88 Å². The van der Waals surface area contributed by atoms with Gasteiger partial charge in [0.05, 0.1) is 14.2 Å². The normalized spacial score (nSPS) is 10.6. The zero-order valence-corrected chi connectivity index (χ0v) is 16.0. The lowest BCUT2D eigenvalue weighted by atomic mass is 10.0. The second kappa shape index (κ2) is 7.93. The Kier molecular flexibility index (Phi) is 5.03. The van der Waals surface area contributed by atoms with Crippen molar-refractivity contribution in [3.8, 4) is 17.0 Å². The summed E-state index contributed by atoms with van der Waals surface area (Å²) in [5.74, 6) is 0.510. The Morgan fingerprint density at radius 2 is 1.86 bits per heavy atom. The fourth-order valence-electron chi connectivity index (χ4n) is 3.20. The number of pyridine rings is 1. The lowest BCUT2D eigenvalue weighted by Crippen LogP contribution is -2.11. The van der Waals surface area contributed by atoms with Crippen LogP contribution in [-0.4, -0.2) is 30.3 Å². The van der Waals surface area contributed by atoms with Gasteiger partial charge < -0.3 is 19.8 Å². The van der Waals surface area contributed by atoms with Crippen molar-refractivity contribution in [1.29, 1.82) is 0 Å². The Bertz CT molecular complexity index is 1170. The van der Waals surface area contributed by atoms with Gasteiger partial charge in [0, 0.05) is 46.4 Å². The number of rotatable bonds is 5. The topological polar surface area (TPSA) is 88.3 Å². The van der Waals surface area contributed by atoms with E-state index < -0.39 is 6.09 Å². The van der Waals surface area contributed by atoms with Crippen LogP contribution < -0.4 is 15.4 Å². The lowest BCUT2D eigenvalue weighted by Gasteiger charge is -2.13. The quantitative estimate of drug-likeness (QED) is 0.439. The molecule has 0 bridgehead atoms. The van der Waals surface area contributed by atoms with Crippen molar-refractivity contribution in [3.05, 3.63) is 67.0 Å². The fraction of sp³-hybridized carbons (Fsp3) is 0.0909. The van der Waals surface area contributed by atoms with Crippen LogP contribution in [-0.2, 0) is 4.74 Å². The van der Waals surface area contributed by atoms with Crippen molar-refractivity contribution in [2.75, 3.05) is 24.9 Å². The Labute approximate surface area is 167 Å². The zero-order chi connectivity index (χ0) is 20.2. The van der Waals surface area contributed by atoms with Crippen LogP contribution in [0, 0.1) is 0 Å². The van der Waals surface area contributed by atoms with E-state index in [1.807, 2.05) is 54.7 Å². The maximum absolute atomic E-state index is 11.8. The molecule has 7 nitrogen and oxygen atoms in total. The number of hydrogen-bond acceptors (Lipinski definition) is 5. The van der Waals surface area contributed by atoms with Crippen LogP contribution in [0.25, 0.3) is 22.0 Å². The third kappa shape index (κ3) is 3.98. The highest BCUT2D eigenvalue weighted by molar-refractivity contribution is 5.97. The Hall–Kier alpha value is -4.00. The number of fused-ring (bicyclic) bond motifs is 1. The zero-order valence-electron chi connectivity index (χ0n) is 16.0. The number of nitrogens with zero attached hydrogens (tertiary/aromatic N) is 1. The standard InChI is InChI=1S/C22H20N4O3/c1-28-21-13-15(6-8-24-21)25-16-10-14(11-17(12-16)26-22(27)29-2)18-4-3-5-20-19(18)7-9-23-20/h3-13,23H,1-2H3,(H,24,25)(H,26,27). The summed E-state index contributed by atoms with van der Waals surface area (Å²) >= 11 is 0. The summed E-state index contributed by atoms with van der Waals surface area (Å²) in [5, 5.41) is 7.19. The molecular weight excluding hydrogens is 368 g/mol. The highest BCUT2D eigenvalue weighted by Crippen LogP contribution is 2.33. The number of benzene rings is 2. The van der Waals surface area contributed by atoms with Crippen molar-refractivity contribution in [2.45, 2.75) is 0 Å². The highest BCUT2D eigenvalue weighted by atomic mass is 16.5. The van der Waals surface area contributed by atoms with Gasteiger partial charge in [-0.1, -0.05) is 12.1 Å². The molecule has 1 amide bonds. The van der Waals surface area contributed by atoms with Gasteiger partial charge in [0.25, 0.3) is 0 Å². The van der Waals surface area contributed by atoms with Gasteiger partial charge in [-0.05, 0) is 47.5 Å². The van der Waals surface area contributed by atoms with E-state index in [0.717, 1.165) is 33.4 Å². The number of carbonyl (C=O) groups excluding carboxylic acids is 1. The smallest absolute Gasteiger partial charge is 0.411 e. The summed E-state index contributed by atoms with van der Waals surface area (Å²) in [6, 6.07) is 17.5. The van der Waals surface area contributed by atoms with Crippen LogP contribution >= 0.6 is 0 Å². The second-order valence-corrected chi connectivity index (χ2v) is 6.37. The van der Waals surface area contributed by atoms with E-state index in [-0.39, 0.29) is 0 Å². The van der Waals surface area contributed by atoms with Crippen LogP contribution in [0.1, 0.15) is 0 Å². The van der Waals surface area contributed by atoms with Crippen molar-refractivity contribution < 1.29 is 14.3 Å². The van der Waals surface area contributed by atoms with E-state index >= 15 is 0 Å². The molecule has 0 aliphatic heterocycles. The molecule has 146 valence electrons. The molecule has 7 heteroatoms. The molecule has 0 radical (unpaired) electrons. The summed E-state index contributed by atoms with van der Waals surface area (Å²) in [4.78, 5) is 19.1. The Morgan fingerprint density at radius 1 is 1.00 bits per heavy atom. The average molecular weight is 388 g/mol. The molecule has 29 heavy (non-hydrogen) atoms. The number of hydrogen-bond donors (Lipinski definition) is 3. The van der Waals surface area contributed by atoms with Gasteiger partial charge in [0.1, 0.15) is 0 Å². The number of nitrogens with one attached hydrogen (secondary N) is 3. The average Bonchev–Trinajstić information content (AvgIpc) is 3.22. The van der Waals surface area contributed by atoms with Gasteiger partial charge in [-0.15, -0.1) is 0 Å². The van der Waals surface area contributed by atoms with E-state index in [9.17, 15) is 4.79 Å². The fourth-order valence-corrected chi connectivity index (χ4v) is 3.20. The number of ether oxygens (including phenoxy) is 2. The first-order valence-electron chi connectivity index (χ1n) is 9.00. The van der Waals surface area contributed by atoms with Gasteiger partial charge in [-0.3, -0.25) is 5.32 Å². The molecule has 2 aromatic carbocycles. The maximum atomic E-state index is 11.8. The van der Waals surface area contributed by atoms with Crippen LogP contribution in [0.2, 0.25) is 0 Å². The molecule has 0 unspecified atom stereocenters. The molecule has 0 aliphatic carbocycles. The Morgan fingerprint density at radius 3 is 2.69 bits per heavy atom. The van der Waals surface area contributed by atoms with E-state index in [4.69, 9.17) is 9.47 Å². The lowest BCUT2D eigenvalue weighted by molar-refractivity contribution is 0.187. The first kappa shape index (κ1) is 18.4. The molecule has 3 N–H and O–H groups in total. The van der Waals surface area contributed by atoms with E-state index in [0.29, 0.717) is 11.6 Å². The number of anilines is 3. The molecule has 0 spiro atoms. The van der Waals surface area contributed by atoms with E-state index in [2.05, 4.69) is 20.6 Å². The monoisotopic (exact) mass is 388 g/mol. The summed E-state index contributed by atoms with van der Waals surface area (Å²) < 4.78 is 9.93. The minimum atomic E-state index is -0.529. The first-order valence-corrected chi connectivity index (χ1v) is 9.00. The molecule has 0 atom stereocenters. The number of carbonyl (C=O) groups is 1. The van der Waals surface area contributed by atoms with Crippen molar-refractivity contribution in [1.82, 2.24) is 9.97 Å². The van der Waals surface area contributed by atoms with Gasteiger partial charge in [-0.2, -0.15) is 0 Å². The van der Waals surface area contributed by atoms with Crippen LogP contribution in [0.5, 0.6) is 5.88 Å². The van der Waals surface area contributed by atoms with Crippen LogP contribution in [0.4, 0.5) is 21.9 Å². The first-order chi connectivity index (χ1) is 14.2. The molecular formula is C22H20N4O3. The SMILES string of the molecule is COC(=O)Nc1cc(Nc2ccnc(OC)c2)cc(-c2cccc3[nH]ccc23)c1. The van der Waals surface area contributed by atoms with Gasteiger partial charge >= 0.3 is 6.09 Å². The van der Waals surface area contributed by atoms with Crippen molar-refractivity contribution in [2.24, 2.45) is 0 Å². The molecule has 0 aliphatic rings. The second-order valence-electron chi connectivity index (χ2n) is 6.37. The molecule has 4 rings (SSSR count). The third-order valence-electron chi connectivity index (χ3n) is 4.50. The number of aromatic amines is 1. The summed E-state index contributed by atoms with van der Waals surface area (Å²) in [6.45, 7) is 0. The molecule has 4 aromatic rings. The predicted octanol–water partition coefficient (Wildman–Crippen LogP) is 5.16. The van der Waals surface area contributed by atoms with Crippen molar-refractivity contribution >= 4 is 34.1 Å². The minimum Gasteiger partial charge on any atom is -0.481 e. The van der Waals surface area contributed by atoms with Gasteiger partial charge in [-0.25, -0.2) is 9.78 Å². The maximum Gasteiger partial charge on any atom is 0.411 e. The number of amides is 1. The van der Waals surface area contributed by atoms with E-state index in [1.54, 1.807) is 19.4 Å². The molecule has 0 saturated carbocycles. The van der Waals surface area contributed by atoms with Gasteiger partial charge in [0.15, 0.2) is 0 Å². The largest absolute Gasteiger partial charge is 0.481 e. The predicted molar refractivity (Wildman–Crippen MR) is 114 cm³/mol. The molecule has 2 heterocycles. The highest BCUT2D eigenvalue weighted by Gasteiger charge is 2.10. The van der Waals surface area contributed by atoms with Crippen LogP contribution in [0.15, 0.2) is 67.0 Å². The Balaban J connectivity index is 1.78. The van der Waals surface area contributed by atoms with E-state index in [1.165, 1.54) is 7.11 Å². The number of methoxy groups -OCH3 is 2. The van der Waals surface area contributed by atoms with Crippen molar-refractivity contribution in [3.63, 3.8) is 0 Å². The third-order valence-corrected chi connectivity index (χ3v) is 4.50. The summed E-state index contributed by atoms with van der Waals surface area (Å²) in [6.07, 6.45) is 3.05. The van der Waals surface area contributed by atoms with Crippen LogP contribution in [0.3, 0.4) is 0 Å². The minimum absolute atomic E-state index is 0.510. The number of aromatic nitrogens is 2. The summed E-state index contributed by atoms with van der Waals surface area (Å²) in [7, 11) is 2.91. The molecule has 2 aromatic heterocycles.